The molecule has 1 aromatic carbocycles. The smallest absolute Gasteiger partial charge is 0.179 e. The van der Waals surface area contributed by atoms with E-state index in [1.807, 2.05) is 23.5 Å². The molecule has 0 heterocycles. The van der Waals surface area contributed by atoms with Gasteiger partial charge in [0.2, 0.25) is 0 Å². The molecule has 10 heteroatoms. The topological polar surface area (TPSA) is 43.1 Å². The van der Waals surface area contributed by atoms with Crippen LogP contribution >= 0.6 is 11.6 Å². The van der Waals surface area contributed by atoms with Gasteiger partial charge in [-0.1, -0.05) is 27.7 Å². The van der Waals surface area contributed by atoms with Crippen LogP contribution in [0.2, 0.25) is 10.2 Å². The summed E-state index contributed by atoms with van der Waals surface area (Å²) >= 11 is 6.64. The van der Waals surface area contributed by atoms with E-state index in [9.17, 15) is 4.79 Å². The van der Waals surface area contributed by atoms with E-state index in [0.29, 0.717) is 11.4 Å². The minimum Gasteiger partial charge on any atom is -0.315 e. The lowest BCUT2D eigenvalue weighted by molar-refractivity contribution is -0.120. The molecule has 2 N–H and O–H groups in total. The lowest BCUT2D eigenvalue weighted by Crippen LogP contribution is -2.58. The van der Waals surface area contributed by atoms with Crippen molar-refractivity contribution in [2.45, 2.75) is 17.2 Å². The largest absolute Gasteiger partial charge is 0.315 e. The minimum absolute atomic E-state index is 0.0445. The van der Waals surface area contributed by atoms with Gasteiger partial charge in [0, 0.05) is 5.02 Å². The van der Waals surface area contributed by atoms with Gasteiger partial charge >= 0.3 is 0 Å². The quantitative estimate of drug-likeness (QED) is 0.524. The molecular formula is C12H19B7ClNO. The van der Waals surface area contributed by atoms with Gasteiger partial charge in [-0.3, -0.25) is 4.79 Å². The Kier molecular flexibility index (Phi) is 4.38. The molecule has 0 spiro atoms. The third-order valence-corrected chi connectivity index (χ3v) is 6.11. The molecule has 0 aromatic heterocycles. The van der Waals surface area contributed by atoms with Crippen molar-refractivity contribution < 1.29 is 4.79 Å². The van der Waals surface area contributed by atoms with Crippen LogP contribution in [-0.2, 0) is 10.3 Å². The van der Waals surface area contributed by atoms with Gasteiger partial charge in [-0.25, -0.2) is 0 Å². The van der Waals surface area contributed by atoms with Crippen molar-refractivity contribution in [3.63, 3.8) is 0 Å². The van der Waals surface area contributed by atoms with Gasteiger partial charge in [-0.05, 0) is 18.1 Å². The average Bonchev–Trinajstić information content (AvgIpc) is 2.41. The van der Waals surface area contributed by atoms with Crippen molar-refractivity contribution in [2.24, 2.45) is 5.73 Å². The first kappa shape index (κ1) is 17.7. The average molecular weight is 304 g/mol. The second-order valence-corrected chi connectivity index (χ2v) is 7.79. The number of nitrogens with two attached hydrogens (primary N) is 1. The maximum Gasteiger partial charge on any atom is 0.179 e. The lowest BCUT2D eigenvalue weighted by Gasteiger charge is -2.43. The summed E-state index contributed by atoms with van der Waals surface area (Å²) in [5.41, 5.74) is 11.9. The van der Waals surface area contributed by atoms with E-state index in [2.05, 4.69) is 31.4 Å². The van der Waals surface area contributed by atoms with Gasteiger partial charge in [0.1, 0.15) is 60.5 Å². The molecule has 0 bridgehead atoms. The summed E-state index contributed by atoms with van der Waals surface area (Å²) in [6.45, 7) is 0. The van der Waals surface area contributed by atoms with E-state index in [1.54, 1.807) is 6.08 Å². The monoisotopic (exact) mass is 305 g/mol. The summed E-state index contributed by atoms with van der Waals surface area (Å²) in [6, 6.07) is 0. The van der Waals surface area contributed by atoms with E-state index in [1.165, 1.54) is 10.9 Å². The molecule has 0 fully saturated rings. The second kappa shape index (κ2) is 5.45. The number of rotatable bonds is 1. The Morgan fingerprint density at radius 3 is 2.05 bits per heavy atom. The van der Waals surface area contributed by atoms with Crippen LogP contribution in [0.1, 0.15) is 12.0 Å². The number of allylic oxidation sites excluding steroid dienone is 1. The number of hydrogen-bond donors (Lipinski definition) is 1. The van der Waals surface area contributed by atoms with E-state index >= 15 is 0 Å². The van der Waals surface area contributed by atoms with Crippen molar-refractivity contribution in [2.75, 3.05) is 0 Å². The number of ketones is 1. The Morgan fingerprint density at radius 2 is 1.50 bits per heavy atom. The Bertz CT molecular complexity index is 689. The van der Waals surface area contributed by atoms with Gasteiger partial charge in [0.05, 0.1) is 0 Å². The molecule has 0 radical (unpaired) electrons. The van der Waals surface area contributed by atoms with Crippen LogP contribution in [0.4, 0.5) is 0 Å². The van der Waals surface area contributed by atoms with Crippen LogP contribution in [0.15, 0.2) is 11.5 Å². The van der Waals surface area contributed by atoms with Crippen molar-refractivity contribution >= 4 is 94.2 Å². The normalized spacial score (nSPS) is 24.1. The van der Waals surface area contributed by atoms with Gasteiger partial charge in [0.15, 0.2) is 5.78 Å². The molecule has 0 saturated carbocycles. The van der Waals surface area contributed by atoms with Gasteiger partial charge < -0.3 is 5.73 Å². The number of carbonyl (C=O) groups excluding carboxylic acids is 1. The van der Waals surface area contributed by atoms with Gasteiger partial charge in [-0.15, -0.1) is 16.4 Å². The third-order valence-electron chi connectivity index (χ3n) is 5.63. The molecule has 1 aromatic rings. The molecule has 1 unspecified atom stereocenters. The first-order valence-electron chi connectivity index (χ1n) is 7.72. The molecule has 2 nitrogen and oxygen atoms in total. The predicted molar refractivity (Wildman–Crippen MR) is 116 cm³/mol. The van der Waals surface area contributed by atoms with Crippen LogP contribution in [-0.4, -0.2) is 60.7 Å². The predicted octanol–water partition coefficient (Wildman–Crippen LogP) is -7.60. The molecule has 1 aliphatic rings. The molecule has 22 heavy (non-hydrogen) atoms. The number of carbonyl (C=O) groups is 1. The van der Waals surface area contributed by atoms with Crippen LogP contribution in [0.25, 0.3) is 0 Å². The van der Waals surface area contributed by atoms with Crippen molar-refractivity contribution in [1.82, 2.24) is 0 Å². The molecule has 1 aliphatic carbocycles. The summed E-state index contributed by atoms with van der Waals surface area (Å²) in [5.74, 6) is -0.0445. The molecule has 0 aliphatic heterocycles. The Hall–Kier alpha value is -0.665. The van der Waals surface area contributed by atoms with Gasteiger partial charge in [-0.2, -0.15) is 0 Å². The van der Waals surface area contributed by atoms with Crippen molar-refractivity contribution in [3.8, 4) is 0 Å². The summed E-state index contributed by atoms with van der Waals surface area (Å²) < 4.78 is 0. The summed E-state index contributed by atoms with van der Waals surface area (Å²) in [6.07, 6.45) is 2.27. The first-order chi connectivity index (χ1) is 9.93. The first-order valence-corrected chi connectivity index (χ1v) is 8.09. The highest BCUT2D eigenvalue weighted by molar-refractivity contribution is 6.65. The fourth-order valence-electron chi connectivity index (χ4n) is 3.45. The van der Waals surface area contributed by atoms with Crippen molar-refractivity contribution in [1.29, 1.82) is 0 Å². The highest BCUT2D eigenvalue weighted by atomic mass is 35.5. The molecule has 0 amide bonds. The molecule has 2 rings (SSSR count). The summed E-state index contributed by atoms with van der Waals surface area (Å²) in [7, 11) is 14.4. The highest BCUT2D eigenvalue weighted by Gasteiger charge is 2.45. The Labute approximate surface area is 144 Å². The zero-order valence-electron chi connectivity index (χ0n) is 14.6. The number of halogens is 1. The van der Waals surface area contributed by atoms with Crippen molar-refractivity contribution in [3.05, 3.63) is 22.1 Å². The van der Waals surface area contributed by atoms with E-state index in [0.717, 1.165) is 22.0 Å². The van der Waals surface area contributed by atoms with E-state index < -0.39 is 5.54 Å². The fraction of sp³-hybridized carbons (Fsp3) is 0.250. The number of hydrogen-bond acceptors (Lipinski definition) is 2. The Morgan fingerprint density at radius 1 is 1.00 bits per heavy atom. The van der Waals surface area contributed by atoms with E-state index in [-0.39, 0.29) is 11.0 Å². The van der Waals surface area contributed by atoms with Crippen LogP contribution in [0.3, 0.4) is 0 Å². The summed E-state index contributed by atoms with van der Waals surface area (Å²) in [5, 5.41) is 0.519. The van der Waals surface area contributed by atoms with Crippen LogP contribution in [0.5, 0.6) is 0 Å². The lowest BCUT2D eigenvalue weighted by atomic mass is 9.40. The number of benzene rings is 1. The molecule has 106 valence electrons. The van der Waals surface area contributed by atoms with Crippen LogP contribution in [0, 0.1) is 0 Å². The maximum absolute atomic E-state index is 12.8. The molecule has 0 saturated heterocycles. The third kappa shape index (κ3) is 2.47. The zero-order valence-corrected chi connectivity index (χ0v) is 15.4. The SMILES string of the molecule is BC1=CC(=O)C(N)(c2c(B)c(B)c(B)c(B)c2Cl)CC1(B)B. The Balaban J connectivity index is 2.79. The van der Waals surface area contributed by atoms with Gasteiger partial charge in [0.25, 0.3) is 0 Å². The highest BCUT2D eigenvalue weighted by Crippen LogP contribution is 2.43. The maximum atomic E-state index is 12.8. The minimum atomic E-state index is -1.05. The molecule has 1 atom stereocenters. The second-order valence-electron chi connectivity index (χ2n) is 7.41. The zero-order chi connectivity index (χ0) is 17.0. The fourth-order valence-corrected chi connectivity index (χ4v) is 3.91. The van der Waals surface area contributed by atoms with Crippen LogP contribution < -0.4 is 27.6 Å². The van der Waals surface area contributed by atoms with E-state index in [4.69, 9.17) is 17.3 Å². The summed E-state index contributed by atoms with van der Waals surface area (Å²) in [4.78, 5) is 12.8. The molecular weight excluding hydrogens is 285 g/mol. The standard InChI is InChI=1S/C12H19B7ClNO/c13-3-1-4(22)11(21,2-12(3,18)19)5-6(14)7(15)8(16)9(17)10(5)20/h1H,2,13-19,21H2.